The summed E-state index contributed by atoms with van der Waals surface area (Å²) in [5.74, 6) is -5.44. The fraction of sp³-hybridized carbons (Fsp3) is 0.219. The van der Waals surface area contributed by atoms with Gasteiger partial charge >= 0.3 is 5.97 Å². The maximum absolute atomic E-state index is 15.1. The van der Waals surface area contributed by atoms with Gasteiger partial charge in [0.25, 0.3) is 0 Å². The minimum atomic E-state index is -1.38. The van der Waals surface area contributed by atoms with Gasteiger partial charge in [-0.25, -0.2) is 18.0 Å². The molecule has 0 aromatic heterocycles. The standard InChI is InChI=1S/C32H28F4O4/c1-3-5-19-39-27-17-16-26(30(35)31(27)36)32(37)40-23-12-8-21(9-13-23)25-15-14-24(28(33)29(25)34)20-6-10-22(11-7-20)38-18-4-2/h6-17H,3-5,18-19H2,1-2H3. The molecule has 208 valence electrons. The van der Waals surface area contributed by atoms with E-state index in [1.165, 1.54) is 42.5 Å². The number of carbonyl (C=O) groups is 1. The fourth-order valence-electron chi connectivity index (χ4n) is 3.94. The van der Waals surface area contributed by atoms with Crippen LogP contribution in [0.2, 0.25) is 0 Å². The minimum absolute atomic E-state index is 0.00815. The van der Waals surface area contributed by atoms with Crippen LogP contribution in [0.4, 0.5) is 17.6 Å². The molecule has 0 atom stereocenters. The molecule has 0 saturated heterocycles. The summed E-state index contributed by atoms with van der Waals surface area (Å²) in [6.07, 6.45) is 2.35. The second-order valence-electron chi connectivity index (χ2n) is 9.02. The molecule has 0 amide bonds. The van der Waals surface area contributed by atoms with E-state index in [1.807, 2.05) is 13.8 Å². The zero-order valence-electron chi connectivity index (χ0n) is 22.1. The lowest BCUT2D eigenvalue weighted by atomic mass is 9.98. The summed E-state index contributed by atoms with van der Waals surface area (Å²) in [5, 5.41) is 0. The number of esters is 1. The third-order valence-corrected chi connectivity index (χ3v) is 6.12. The van der Waals surface area contributed by atoms with E-state index >= 15 is 8.78 Å². The van der Waals surface area contributed by atoms with Crippen LogP contribution in [0.15, 0.2) is 72.8 Å². The number of unbranched alkanes of at least 4 members (excludes halogenated alkanes) is 1. The van der Waals surface area contributed by atoms with Gasteiger partial charge in [-0.15, -0.1) is 0 Å². The van der Waals surface area contributed by atoms with Crippen LogP contribution in [0, 0.1) is 23.3 Å². The zero-order chi connectivity index (χ0) is 28.6. The Morgan fingerprint density at radius 1 is 0.600 bits per heavy atom. The molecule has 0 fully saturated rings. The molecule has 8 heteroatoms. The molecule has 0 radical (unpaired) electrons. The highest BCUT2D eigenvalue weighted by molar-refractivity contribution is 5.91. The predicted octanol–water partition coefficient (Wildman–Crippen LogP) is 8.76. The summed E-state index contributed by atoms with van der Waals surface area (Å²) in [6.45, 7) is 4.70. The summed E-state index contributed by atoms with van der Waals surface area (Å²) in [4.78, 5) is 12.5. The number of rotatable bonds is 11. The van der Waals surface area contributed by atoms with Crippen LogP contribution in [0.5, 0.6) is 17.2 Å². The molecule has 0 bridgehead atoms. The predicted molar refractivity (Wildman–Crippen MR) is 145 cm³/mol. The molecule has 0 unspecified atom stereocenters. The van der Waals surface area contributed by atoms with Crippen LogP contribution >= 0.6 is 0 Å². The van der Waals surface area contributed by atoms with Crippen molar-refractivity contribution in [2.24, 2.45) is 0 Å². The quantitative estimate of drug-likeness (QED) is 0.0808. The lowest BCUT2D eigenvalue weighted by molar-refractivity contribution is 0.0728. The van der Waals surface area contributed by atoms with E-state index in [0.717, 1.165) is 18.9 Å². The number of hydrogen-bond donors (Lipinski definition) is 0. The molecule has 4 aromatic rings. The molecule has 0 heterocycles. The molecule has 40 heavy (non-hydrogen) atoms. The average molecular weight is 553 g/mol. The monoisotopic (exact) mass is 552 g/mol. The van der Waals surface area contributed by atoms with Gasteiger partial charge in [-0.05, 0) is 60.4 Å². The van der Waals surface area contributed by atoms with Gasteiger partial charge in [0.2, 0.25) is 5.82 Å². The van der Waals surface area contributed by atoms with E-state index < -0.39 is 34.8 Å². The lowest BCUT2D eigenvalue weighted by Crippen LogP contribution is -2.12. The van der Waals surface area contributed by atoms with E-state index in [2.05, 4.69) is 0 Å². The second kappa shape index (κ2) is 13.2. The first-order valence-electron chi connectivity index (χ1n) is 13.0. The van der Waals surface area contributed by atoms with Crippen molar-refractivity contribution >= 4 is 5.97 Å². The first-order chi connectivity index (χ1) is 19.3. The van der Waals surface area contributed by atoms with Crippen molar-refractivity contribution in [3.05, 3.63) is 102 Å². The van der Waals surface area contributed by atoms with Crippen molar-refractivity contribution in [2.45, 2.75) is 33.1 Å². The molecule has 0 aliphatic heterocycles. The van der Waals surface area contributed by atoms with Gasteiger partial charge in [-0.2, -0.15) is 4.39 Å². The van der Waals surface area contributed by atoms with Gasteiger partial charge in [-0.3, -0.25) is 0 Å². The Morgan fingerprint density at radius 3 is 1.73 bits per heavy atom. The number of hydrogen-bond acceptors (Lipinski definition) is 4. The maximum Gasteiger partial charge on any atom is 0.346 e. The Bertz CT molecular complexity index is 1470. The number of carbonyl (C=O) groups excluding carboxylic acids is 1. The smallest absolute Gasteiger partial charge is 0.346 e. The number of benzene rings is 4. The van der Waals surface area contributed by atoms with Gasteiger partial charge in [0, 0.05) is 11.1 Å². The molecule has 0 spiro atoms. The maximum atomic E-state index is 15.1. The van der Waals surface area contributed by atoms with Crippen LogP contribution in [0.3, 0.4) is 0 Å². The van der Waals surface area contributed by atoms with Crippen molar-refractivity contribution < 1.29 is 36.6 Å². The molecule has 0 saturated carbocycles. The van der Waals surface area contributed by atoms with Crippen molar-refractivity contribution in [3.8, 4) is 39.5 Å². The number of halogens is 4. The summed E-state index contributed by atoms with van der Waals surface area (Å²) in [5.41, 5.74) is 0.340. The average Bonchev–Trinajstić information content (AvgIpc) is 2.96. The van der Waals surface area contributed by atoms with E-state index in [0.29, 0.717) is 29.9 Å². The lowest BCUT2D eigenvalue weighted by Gasteiger charge is -2.11. The van der Waals surface area contributed by atoms with Crippen molar-refractivity contribution in [3.63, 3.8) is 0 Å². The molecule has 0 aliphatic carbocycles. The highest BCUT2D eigenvalue weighted by atomic mass is 19.2. The first-order valence-corrected chi connectivity index (χ1v) is 13.0. The van der Waals surface area contributed by atoms with Crippen molar-refractivity contribution in [2.75, 3.05) is 13.2 Å². The highest BCUT2D eigenvalue weighted by Crippen LogP contribution is 2.33. The second-order valence-corrected chi connectivity index (χ2v) is 9.02. The van der Waals surface area contributed by atoms with Gasteiger partial charge in [0.05, 0.1) is 18.8 Å². The fourth-order valence-corrected chi connectivity index (χ4v) is 3.94. The molecule has 4 aromatic carbocycles. The van der Waals surface area contributed by atoms with Crippen LogP contribution in [0.25, 0.3) is 22.3 Å². The molecular formula is C32H28F4O4. The Kier molecular flexibility index (Phi) is 9.43. The molecule has 4 nitrogen and oxygen atoms in total. The van der Waals surface area contributed by atoms with Crippen LogP contribution in [-0.2, 0) is 0 Å². The molecular weight excluding hydrogens is 524 g/mol. The number of ether oxygens (including phenoxy) is 3. The Morgan fingerprint density at radius 2 is 1.18 bits per heavy atom. The Hall–Kier alpha value is -4.33. The van der Waals surface area contributed by atoms with Crippen molar-refractivity contribution in [1.82, 2.24) is 0 Å². The van der Waals surface area contributed by atoms with Gasteiger partial charge < -0.3 is 14.2 Å². The Labute approximate surface area is 230 Å². The van der Waals surface area contributed by atoms with Crippen LogP contribution in [0.1, 0.15) is 43.5 Å². The summed E-state index contributed by atoms with van der Waals surface area (Å²) in [7, 11) is 0. The van der Waals surface area contributed by atoms with Crippen LogP contribution < -0.4 is 14.2 Å². The molecule has 4 rings (SSSR count). The van der Waals surface area contributed by atoms with Crippen molar-refractivity contribution in [1.29, 1.82) is 0 Å². The summed E-state index contributed by atoms with van der Waals surface area (Å²) >= 11 is 0. The summed E-state index contributed by atoms with van der Waals surface area (Å²) < 4.78 is 74.8. The van der Waals surface area contributed by atoms with E-state index in [1.54, 1.807) is 24.3 Å². The highest BCUT2D eigenvalue weighted by Gasteiger charge is 2.22. The van der Waals surface area contributed by atoms with E-state index in [4.69, 9.17) is 14.2 Å². The summed E-state index contributed by atoms with van der Waals surface area (Å²) in [6, 6.07) is 17.5. The van der Waals surface area contributed by atoms with Gasteiger partial charge in [-0.1, -0.05) is 56.7 Å². The molecule has 0 N–H and O–H groups in total. The third-order valence-electron chi connectivity index (χ3n) is 6.12. The largest absolute Gasteiger partial charge is 0.494 e. The Balaban J connectivity index is 1.47. The van der Waals surface area contributed by atoms with Gasteiger partial charge in [0.15, 0.2) is 23.2 Å². The van der Waals surface area contributed by atoms with Crippen LogP contribution in [-0.4, -0.2) is 19.2 Å². The topological polar surface area (TPSA) is 44.8 Å². The SMILES string of the molecule is CCCCOc1ccc(C(=O)Oc2ccc(-c3ccc(-c4ccc(OCCC)cc4)c(F)c3F)cc2)c(F)c1F. The molecule has 0 aliphatic rings. The van der Waals surface area contributed by atoms with Gasteiger partial charge in [0.1, 0.15) is 11.5 Å². The third kappa shape index (κ3) is 6.45. The normalized spacial score (nSPS) is 10.8. The first kappa shape index (κ1) is 28.7. The zero-order valence-corrected chi connectivity index (χ0v) is 22.1. The van der Waals surface area contributed by atoms with E-state index in [9.17, 15) is 13.6 Å². The van der Waals surface area contributed by atoms with E-state index in [-0.39, 0.29) is 29.2 Å². The minimum Gasteiger partial charge on any atom is -0.494 e.